The first kappa shape index (κ1) is 16.7. The third kappa shape index (κ3) is 4.68. The second-order valence-electron chi connectivity index (χ2n) is 5.62. The summed E-state index contributed by atoms with van der Waals surface area (Å²) in [5, 5.41) is 12.6. The minimum atomic E-state index is -0.910. The Morgan fingerprint density at radius 3 is 2.00 bits per heavy atom. The van der Waals surface area contributed by atoms with E-state index in [1.54, 1.807) is 24.3 Å². The molecule has 1 atom stereocenters. The van der Waals surface area contributed by atoms with Crippen molar-refractivity contribution in [2.45, 2.75) is 12.6 Å². The van der Waals surface area contributed by atoms with Crippen LogP contribution >= 0.6 is 0 Å². The van der Waals surface area contributed by atoms with E-state index >= 15 is 0 Å². The number of ether oxygens (including phenoxy) is 1. The minimum Gasteiger partial charge on any atom is -0.480 e. The molecule has 0 bridgehead atoms. The first-order valence-corrected chi connectivity index (χ1v) is 8.05. The fourth-order valence-electron chi connectivity index (χ4n) is 2.52. The van der Waals surface area contributed by atoms with Crippen molar-refractivity contribution in [1.82, 2.24) is 5.32 Å². The predicted octanol–water partition coefficient (Wildman–Crippen LogP) is 4.39. The molecule has 3 aromatic carbocycles. The number of nitrogens with one attached hydrogen (secondary N) is 1. The Kier molecular flexibility index (Phi) is 5.44. The number of hydrogen-bond donors (Lipinski definition) is 2. The van der Waals surface area contributed by atoms with Crippen LogP contribution in [0.15, 0.2) is 84.9 Å². The van der Waals surface area contributed by atoms with Crippen LogP contribution in [-0.2, 0) is 11.3 Å². The lowest BCUT2D eigenvalue weighted by molar-refractivity contribution is -0.139. The van der Waals surface area contributed by atoms with Gasteiger partial charge in [0.15, 0.2) is 0 Å². The molecule has 0 amide bonds. The van der Waals surface area contributed by atoms with E-state index in [9.17, 15) is 9.90 Å². The van der Waals surface area contributed by atoms with E-state index in [4.69, 9.17) is 4.74 Å². The summed E-state index contributed by atoms with van der Waals surface area (Å²) in [4.78, 5) is 11.6. The second-order valence-corrected chi connectivity index (χ2v) is 5.62. The van der Waals surface area contributed by atoms with Gasteiger partial charge in [0.1, 0.15) is 17.5 Å². The molecule has 3 rings (SSSR count). The molecule has 1 unspecified atom stereocenters. The van der Waals surface area contributed by atoms with Gasteiger partial charge in [-0.25, -0.2) is 0 Å². The van der Waals surface area contributed by atoms with Crippen molar-refractivity contribution < 1.29 is 14.6 Å². The fraction of sp³-hybridized carbons (Fsp3) is 0.0952. The Hall–Kier alpha value is -3.11. The number of carboxylic acid groups (broad SMARTS) is 1. The standard InChI is InChI=1S/C21H19NO3/c23-21(24)20(22-15-16-7-3-1-4-8-16)17-11-13-19(14-12-17)25-18-9-5-2-6-10-18/h1-14,20,22H,15H2,(H,23,24). The molecule has 0 saturated carbocycles. The summed E-state index contributed by atoms with van der Waals surface area (Å²) in [7, 11) is 0. The lowest BCUT2D eigenvalue weighted by atomic mass is 10.1. The molecule has 0 heterocycles. The monoisotopic (exact) mass is 333 g/mol. The van der Waals surface area contributed by atoms with E-state index < -0.39 is 12.0 Å². The Balaban J connectivity index is 1.68. The summed E-state index contributed by atoms with van der Waals surface area (Å²) < 4.78 is 5.74. The van der Waals surface area contributed by atoms with Gasteiger partial charge in [0.2, 0.25) is 0 Å². The number of para-hydroxylation sites is 1. The highest BCUT2D eigenvalue weighted by Gasteiger charge is 2.19. The molecule has 3 aromatic rings. The topological polar surface area (TPSA) is 58.6 Å². The van der Waals surface area contributed by atoms with E-state index in [0.717, 1.165) is 11.3 Å². The highest BCUT2D eigenvalue weighted by molar-refractivity contribution is 5.75. The molecule has 25 heavy (non-hydrogen) atoms. The molecule has 4 nitrogen and oxygen atoms in total. The highest BCUT2D eigenvalue weighted by Crippen LogP contribution is 2.23. The number of carboxylic acids is 1. The predicted molar refractivity (Wildman–Crippen MR) is 96.6 cm³/mol. The molecule has 4 heteroatoms. The zero-order chi connectivity index (χ0) is 17.5. The highest BCUT2D eigenvalue weighted by atomic mass is 16.5. The first-order valence-electron chi connectivity index (χ1n) is 8.05. The maximum absolute atomic E-state index is 11.6. The third-order valence-corrected chi connectivity index (χ3v) is 3.79. The maximum Gasteiger partial charge on any atom is 0.325 e. The van der Waals surface area contributed by atoms with Crippen molar-refractivity contribution in [3.63, 3.8) is 0 Å². The van der Waals surface area contributed by atoms with Crippen molar-refractivity contribution in [3.8, 4) is 11.5 Å². The summed E-state index contributed by atoms with van der Waals surface area (Å²) in [6.07, 6.45) is 0. The quantitative estimate of drug-likeness (QED) is 0.673. The number of rotatable bonds is 7. The van der Waals surface area contributed by atoms with E-state index in [1.807, 2.05) is 60.7 Å². The summed E-state index contributed by atoms with van der Waals surface area (Å²) in [5.74, 6) is 0.502. The number of hydrogen-bond acceptors (Lipinski definition) is 3. The molecule has 0 aliphatic heterocycles. The second kappa shape index (κ2) is 8.13. The summed E-state index contributed by atoms with van der Waals surface area (Å²) in [5.41, 5.74) is 1.72. The fourth-order valence-corrected chi connectivity index (χ4v) is 2.52. The van der Waals surface area contributed by atoms with Crippen molar-refractivity contribution in [2.75, 3.05) is 0 Å². The summed E-state index contributed by atoms with van der Waals surface area (Å²) >= 11 is 0. The van der Waals surface area contributed by atoms with E-state index in [-0.39, 0.29) is 0 Å². The Morgan fingerprint density at radius 1 is 0.840 bits per heavy atom. The van der Waals surface area contributed by atoms with Gasteiger partial charge in [-0.15, -0.1) is 0 Å². The SMILES string of the molecule is O=C(O)C(NCc1ccccc1)c1ccc(Oc2ccccc2)cc1. The van der Waals surface area contributed by atoms with Gasteiger partial charge in [-0.2, -0.15) is 0 Å². The Bertz CT molecular complexity index is 802. The van der Waals surface area contributed by atoms with Crippen LogP contribution in [0.25, 0.3) is 0 Å². The molecule has 0 saturated heterocycles. The van der Waals surface area contributed by atoms with Crippen molar-refractivity contribution in [3.05, 3.63) is 96.1 Å². The molecule has 0 spiro atoms. The first-order chi connectivity index (χ1) is 12.2. The lowest BCUT2D eigenvalue weighted by Crippen LogP contribution is -2.28. The Morgan fingerprint density at radius 2 is 1.40 bits per heavy atom. The molecular formula is C21H19NO3. The number of carbonyl (C=O) groups is 1. The van der Waals surface area contributed by atoms with Crippen LogP contribution in [-0.4, -0.2) is 11.1 Å². The average molecular weight is 333 g/mol. The largest absolute Gasteiger partial charge is 0.480 e. The molecular weight excluding hydrogens is 314 g/mol. The van der Waals surface area contributed by atoms with E-state index in [2.05, 4.69) is 5.32 Å². The van der Waals surface area contributed by atoms with Crippen molar-refractivity contribution >= 4 is 5.97 Å². The number of benzene rings is 3. The van der Waals surface area contributed by atoms with Crippen LogP contribution < -0.4 is 10.1 Å². The lowest BCUT2D eigenvalue weighted by Gasteiger charge is -2.15. The molecule has 0 fully saturated rings. The van der Waals surface area contributed by atoms with Gasteiger partial charge in [-0.1, -0.05) is 60.7 Å². The average Bonchev–Trinajstić information content (AvgIpc) is 2.65. The molecule has 0 aliphatic rings. The van der Waals surface area contributed by atoms with Crippen molar-refractivity contribution in [2.24, 2.45) is 0 Å². The third-order valence-electron chi connectivity index (χ3n) is 3.79. The minimum absolute atomic E-state index is 0.486. The van der Waals surface area contributed by atoms with Crippen LogP contribution in [0, 0.1) is 0 Å². The van der Waals surface area contributed by atoms with Gasteiger partial charge in [0.05, 0.1) is 0 Å². The normalized spacial score (nSPS) is 11.7. The molecule has 0 radical (unpaired) electrons. The van der Waals surface area contributed by atoms with Crippen LogP contribution in [0.2, 0.25) is 0 Å². The Labute approximate surface area is 146 Å². The zero-order valence-electron chi connectivity index (χ0n) is 13.6. The zero-order valence-corrected chi connectivity index (χ0v) is 13.6. The van der Waals surface area contributed by atoms with Gasteiger partial charge in [0, 0.05) is 6.54 Å². The van der Waals surface area contributed by atoms with Gasteiger partial charge in [-0.3, -0.25) is 10.1 Å². The van der Waals surface area contributed by atoms with E-state index in [1.165, 1.54) is 0 Å². The van der Waals surface area contributed by atoms with Crippen LogP contribution in [0.1, 0.15) is 17.2 Å². The van der Waals surface area contributed by atoms with Gasteiger partial charge in [0.25, 0.3) is 0 Å². The molecule has 126 valence electrons. The van der Waals surface area contributed by atoms with Crippen LogP contribution in [0.5, 0.6) is 11.5 Å². The molecule has 0 aliphatic carbocycles. The van der Waals surface area contributed by atoms with Crippen molar-refractivity contribution in [1.29, 1.82) is 0 Å². The van der Waals surface area contributed by atoms with Gasteiger partial charge in [-0.05, 0) is 35.4 Å². The number of aliphatic carboxylic acids is 1. The maximum atomic E-state index is 11.6. The smallest absolute Gasteiger partial charge is 0.325 e. The van der Waals surface area contributed by atoms with Crippen LogP contribution in [0.3, 0.4) is 0 Å². The van der Waals surface area contributed by atoms with Gasteiger partial charge >= 0.3 is 5.97 Å². The van der Waals surface area contributed by atoms with Crippen LogP contribution in [0.4, 0.5) is 0 Å². The molecule has 2 N–H and O–H groups in total. The molecule has 0 aromatic heterocycles. The van der Waals surface area contributed by atoms with Gasteiger partial charge < -0.3 is 9.84 Å². The van der Waals surface area contributed by atoms with E-state index in [0.29, 0.717) is 17.9 Å². The summed E-state index contributed by atoms with van der Waals surface area (Å²) in [6.45, 7) is 0.486. The summed E-state index contributed by atoms with van der Waals surface area (Å²) in [6, 6.07) is 25.5.